The molecule has 1 atom stereocenters. The summed E-state index contributed by atoms with van der Waals surface area (Å²) < 4.78 is 28.7. The molecule has 0 spiro atoms. The van der Waals surface area contributed by atoms with E-state index < -0.39 is 7.75 Å². The first-order chi connectivity index (χ1) is 12.3. The minimum Gasteiger partial charge on any atom is -0.337 e. The summed E-state index contributed by atoms with van der Waals surface area (Å²) in [6.07, 6.45) is 10.2. The van der Waals surface area contributed by atoms with Crippen molar-refractivity contribution >= 4 is 13.7 Å². The predicted molar refractivity (Wildman–Crippen MR) is 108 cm³/mol. The van der Waals surface area contributed by atoms with Gasteiger partial charge in [0.05, 0.1) is 6.10 Å². The van der Waals surface area contributed by atoms with Crippen LogP contribution in [-0.4, -0.2) is 67.2 Å². The molecule has 0 saturated carbocycles. The lowest BCUT2D eigenvalue weighted by Gasteiger charge is -2.25. The number of hydrogen-bond donors (Lipinski definition) is 0. The predicted octanol–water partition coefficient (Wildman–Crippen LogP) is 3.92. The van der Waals surface area contributed by atoms with Gasteiger partial charge < -0.3 is 9.80 Å². The van der Waals surface area contributed by atoms with Gasteiger partial charge >= 0.3 is 7.75 Å². The van der Waals surface area contributed by atoms with Crippen molar-refractivity contribution in [1.29, 1.82) is 0 Å². The van der Waals surface area contributed by atoms with Crippen molar-refractivity contribution < 1.29 is 13.7 Å². The molecule has 0 N–H and O–H groups in total. The van der Waals surface area contributed by atoms with E-state index >= 15 is 0 Å². The van der Waals surface area contributed by atoms with Crippen molar-refractivity contribution in [2.45, 2.75) is 46.6 Å². The fraction of sp³-hybridized carbons (Fsp3) is 0.722. The molecule has 26 heavy (non-hydrogen) atoms. The largest absolute Gasteiger partial charge is 0.473 e. The molecule has 8 heteroatoms. The van der Waals surface area contributed by atoms with Crippen LogP contribution in [0.15, 0.2) is 29.1 Å². The average Bonchev–Trinajstić information content (AvgIpc) is 2.88. The molecular weight excluding hydrogens is 351 g/mol. The van der Waals surface area contributed by atoms with E-state index in [9.17, 15) is 4.57 Å². The normalized spacial score (nSPS) is 18.1. The van der Waals surface area contributed by atoms with Gasteiger partial charge in [0.25, 0.3) is 0 Å². The standard InChI is InChI=1S/C18H35N4O3P/c1-7-9-11-13-21-15-16-22(14-12-10-8-2)18(21)19-26(23,24-17(3)4)25-20(5)6/h9-12,17H,7-8,13-16H2,1-6H3/b11-9-,12-10-. The molecule has 0 radical (unpaired) electrons. The van der Waals surface area contributed by atoms with Crippen molar-refractivity contribution in [3.05, 3.63) is 24.3 Å². The number of guanidine groups is 1. The molecule has 0 aliphatic carbocycles. The van der Waals surface area contributed by atoms with Crippen LogP contribution in [0.25, 0.3) is 0 Å². The quantitative estimate of drug-likeness (QED) is 0.305. The van der Waals surface area contributed by atoms with Gasteiger partial charge in [0.2, 0.25) is 5.96 Å². The van der Waals surface area contributed by atoms with E-state index in [1.54, 1.807) is 14.1 Å². The van der Waals surface area contributed by atoms with Gasteiger partial charge in [-0.2, -0.15) is 9.69 Å². The highest BCUT2D eigenvalue weighted by Crippen LogP contribution is 2.52. The molecule has 1 rings (SSSR count). The van der Waals surface area contributed by atoms with E-state index in [1.165, 1.54) is 5.06 Å². The summed E-state index contributed by atoms with van der Waals surface area (Å²) in [6, 6.07) is 0. The van der Waals surface area contributed by atoms with Crippen LogP contribution in [0.1, 0.15) is 40.5 Å². The molecule has 1 saturated heterocycles. The van der Waals surface area contributed by atoms with E-state index in [0.717, 1.165) is 39.0 Å². The number of allylic oxidation sites excluding steroid dienone is 2. The van der Waals surface area contributed by atoms with E-state index in [-0.39, 0.29) is 6.10 Å². The Morgan fingerprint density at radius 3 is 1.96 bits per heavy atom. The third-order valence-corrected chi connectivity index (χ3v) is 5.13. The summed E-state index contributed by atoms with van der Waals surface area (Å²) in [6.45, 7) is 11.0. The molecule has 0 amide bonds. The number of hydrogen-bond acceptors (Lipinski definition) is 4. The maximum atomic E-state index is 13.2. The fourth-order valence-electron chi connectivity index (χ4n) is 2.49. The molecule has 1 unspecified atom stereocenters. The lowest BCUT2D eigenvalue weighted by atomic mass is 10.4. The van der Waals surface area contributed by atoms with Gasteiger partial charge in [0.15, 0.2) is 0 Å². The lowest BCUT2D eigenvalue weighted by Crippen LogP contribution is -2.34. The van der Waals surface area contributed by atoms with Gasteiger partial charge in [-0.15, -0.1) is 4.76 Å². The van der Waals surface area contributed by atoms with E-state index in [1.807, 2.05) is 13.8 Å². The van der Waals surface area contributed by atoms with Gasteiger partial charge in [-0.3, -0.25) is 4.52 Å². The minimum absolute atomic E-state index is 0.256. The molecule has 1 heterocycles. The maximum absolute atomic E-state index is 13.2. The molecule has 1 fully saturated rings. The Kier molecular flexibility index (Phi) is 10.2. The van der Waals surface area contributed by atoms with Crippen LogP contribution in [0.2, 0.25) is 0 Å². The Morgan fingerprint density at radius 2 is 1.58 bits per heavy atom. The van der Waals surface area contributed by atoms with Crippen LogP contribution < -0.4 is 0 Å². The maximum Gasteiger partial charge on any atom is 0.473 e. The fourth-order valence-corrected chi connectivity index (χ4v) is 4.03. The summed E-state index contributed by atoms with van der Waals surface area (Å²) in [7, 11) is -0.301. The van der Waals surface area contributed by atoms with E-state index in [0.29, 0.717) is 5.96 Å². The molecule has 0 aromatic heterocycles. The van der Waals surface area contributed by atoms with E-state index in [4.69, 9.17) is 9.15 Å². The number of nitrogens with zero attached hydrogens (tertiary/aromatic N) is 4. The molecule has 1 aliphatic rings. The zero-order valence-corrected chi connectivity index (χ0v) is 18.0. The SMILES string of the molecule is CC/C=C\CN1CCN(C/C=C\CC)C1=NP(=O)(OC(C)C)ON(C)C. The lowest BCUT2D eigenvalue weighted by molar-refractivity contribution is -0.0260. The van der Waals surface area contributed by atoms with Crippen LogP contribution >= 0.6 is 7.75 Å². The summed E-state index contributed by atoms with van der Waals surface area (Å²) in [5.41, 5.74) is 0. The van der Waals surface area contributed by atoms with Gasteiger partial charge in [-0.1, -0.05) is 38.2 Å². The van der Waals surface area contributed by atoms with Crippen molar-refractivity contribution in [2.24, 2.45) is 4.76 Å². The molecule has 0 bridgehead atoms. The Labute approximate surface area is 158 Å². The zero-order chi connectivity index (χ0) is 19.6. The first-order valence-corrected chi connectivity index (χ1v) is 10.9. The van der Waals surface area contributed by atoms with Crippen LogP contribution in [0.4, 0.5) is 0 Å². The van der Waals surface area contributed by atoms with Crippen LogP contribution in [0.5, 0.6) is 0 Å². The molecule has 0 aromatic carbocycles. The summed E-state index contributed by atoms with van der Waals surface area (Å²) in [5.74, 6) is 0.664. The Bertz CT molecular complexity index is 507. The summed E-state index contributed by atoms with van der Waals surface area (Å²) >= 11 is 0. The van der Waals surface area contributed by atoms with Gasteiger partial charge in [-0.05, 0) is 26.7 Å². The average molecular weight is 386 g/mol. The Hall–Kier alpha value is -1.14. The molecule has 0 aromatic rings. The van der Waals surface area contributed by atoms with Crippen LogP contribution in [0, 0.1) is 0 Å². The van der Waals surface area contributed by atoms with Gasteiger partial charge in [0.1, 0.15) is 0 Å². The monoisotopic (exact) mass is 386 g/mol. The highest BCUT2D eigenvalue weighted by atomic mass is 31.2. The zero-order valence-electron chi connectivity index (χ0n) is 17.1. The summed E-state index contributed by atoms with van der Waals surface area (Å²) in [4.78, 5) is 4.22. The molecule has 150 valence electrons. The molecule has 7 nitrogen and oxygen atoms in total. The third kappa shape index (κ3) is 8.04. The number of rotatable bonds is 11. The van der Waals surface area contributed by atoms with Gasteiger partial charge in [0, 0.05) is 40.3 Å². The van der Waals surface area contributed by atoms with Crippen molar-refractivity contribution in [1.82, 2.24) is 14.9 Å². The second-order valence-electron chi connectivity index (χ2n) is 6.57. The third-order valence-electron chi connectivity index (χ3n) is 3.48. The van der Waals surface area contributed by atoms with Crippen LogP contribution in [0.3, 0.4) is 0 Å². The molecular formula is C18H35N4O3P. The first-order valence-electron chi connectivity index (χ1n) is 9.36. The van der Waals surface area contributed by atoms with E-state index in [2.05, 4.69) is 52.7 Å². The van der Waals surface area contributed by atoms with Crippen molar-refractivity contribution in [3.63, 3.8) is 0 Å². The Morgan fingerprint density at radius 1 is 1.08 bits per heavy atom. The second-order valence-corrected chi connectivity index (χ2v) is 8.08. The second kappa shape index (κ2) is 11.5. The summed E-state index contributed by atoms with van der Waals surface area (Å²) in [5, 5.41) is 1.38. The van der Waals surface area contributed by atoms with Crippen LogP contribution in [-0.2, 0) is 13.7 Å². The highest BCUT2D eigenvalue weighted by molar-refractivity contribution is 7.52. The first kappa shape index (κ1) is 22.9. The number of hydroxylamine groups is 2. The Balaban J connectivity index is 3.12. The smallest absolute Gasteiger partial charge is 0.337 e. The molecule has 1 aliphatic heterocycles. The minimum atomic E-state index is -3.65. The van der Waals surface area contributed by atoms with Gasteiger partial charge in [-0.25, -0.2) is 4.57 Å². The highest BCUT2D eigenvalue weighted by Gasteiger charge is 2.34. The van der Waals surface area contributed by atoms with Crippen molar-refractivity contribution in [2.75, 3.05) is 40.3 Å². The topological polar surface area (TPSA) is 57.6 Å². The van der Waals surface area contributed by atoms with Crippen molar-refractivity contribution in [3.8, 4) is 0 Å².